The average molecular weight is 202 g/mol. The van der Waals surface area contributed by atoms with Crippen molar-refractivity contribution >= 4 is 0 Å². The van der Waals surface area contributed by atoms with Crippen LogP contribution in [0, 0.1) is 0 Å². The maximum absolute atomic E-state index is 9.58. The molecule has 1 aliphatic heterocycles. The molecule has 0 saturated carbocycles. The molecule has 1 rings (SSSR count). The summed E-state index contributed by atoms with van der Waals surface area (Å²) in [6.07, 6.45) is 4.32. The Morgan fingerprint density at radius 3 is 2.86 bits per heavy atom. The molecule has 1 N–H and O–H groups in total. The van der Waals surface area contributed by atoms with Crippen LogP contribution in [0.3, 0.4) is 0 Å². The van der Waals surface area contributed by atoms with Gasteiger partial charge in [-0.1, -0.05) is 0 Å². The van der Waals surface area contributed by atoms with E-state index in [0.29, 0.717) is 12.7 Å². The van der Waals surface area contributed by atoms with Crippen molar-refractivity contribution < 1.29 is 14.6 Å². The van der Waals surface area contributed by atoms with Crippen LogP contribution in [0.4, 0.5) is 0 Å². The van der Waals surface area contributed by atoms with E-state index in [-0.39, 0.29) is 12.2 Å². The van der Waals surface area contributed by atoms with E-state index in [2.05, 4.69) is 0 Å². The number of hydrogen-bond acceptors (Lipinski definition) is 3. The second kappa shape index (κ2) is 6.38. The van der Waals surface area contributed by atoms with Crippen LogP contribution >= 0.6 is 0 Å². The van der Waals surface area contributed by atoms with Crippen LogP contribution in [0.5, 0.6) is 0 Å². The van der Waals surface area contributed by atoms with Crippen LogP contribution in [0.15, 0.2) is 0 Å². The molecule has 2 unspecified atom stereocenters. The van der Waals surface area contributed by atoms with Gasteiger partial charge in [-0.05, 0) is 39.5 Å². The van der Waals surface area contributed by atoms with Gasteiger partial charge in [0.15, 0.2) is 0 Å². The minimum Gasteiger partial charge on any atom is -0.391 e. The summed E-state index contributed by atoms with van der Waals surface area (Å²) < 4.78 is 10.8. The van der Waals surface area contributed by atoms with Gasteiger partial charge in [-0.25, -0.2) is 0 Å². The molecule has 1 saturated heterocycles. The number of rotatable bonds is 6. The van der Waals surface area contributed by atoms with E-state index in [1.54, 1.807) is 0 Å². The lowest BCUT2D eigenvalue weighted by Crippen LogP contribution is -2.20. The van der Waals surface area contributed by atoms with Crippen molar-refractivity contribution in [2.24, 2.45) is 0 Å². The highest BCUT2D eigenvalue weighted by atomic mass is 16.5. The summed E-state index contributed by atoms with van der Waals surface area (Å²) in [5.74, 6) is 0. The van der Waals surface area contributed by atoms with Gasteiger partial charge in [-0.2, -0.15) is 0 Å². The molecule has 0 aliphatic carbocycles. The van der Waals surface area contributed by atoms with Gasteiger partial charge in [0.1, 0.15) is 0 Å². The van der Waals surface area contributed by atoms with Crippen molar-refractivity contribution in [3.8, 4) is 0 Å². The Labute approximate surface area is 86.4 Å². The molecule has 84 valence electrons. The smallest absolute Gasteiger partial charge is 0.0774 e. The molecule has 0 radical (unpaired) electrons. The largest absolute Gasteiger partial charge is 0.391 e. The standard InChI is InChI=1S/C11H22O3/c1-9(2)14-8-10(12)5-6-11-4-3-7-13-11/h9-12H,3-8H2,1-2H3. The maximum atomic E-state index is 9.58. The summed E-state index contributed by atoms with van der Waals surface area (Å²) in [5.41, 5.74) is 0. The van der Waals surface area contributed by atoms with Crippen molar-refractivity contribution in [2.75, 3.05) is 13.2 Å². The van der Waals surface area contributed by atoms with Crippen LogP contribution < -0.4 is 0 Å². The van der Waals surface area contributed by atoms with Gasteiger partial charge in [0.2, 0.25) is 0 Å². The fourth-order valence-corrected chi connectivity index (χ4v) is 1.64. The molecule has 0 amide bonds. The summed E-state index contributed by atoms with van der Waals surface area (Å²) in [7, 11) is 0. The van der Waals surface area contributed by atoms with Crippen molar-refractivity contribution in [2.45, 2.75) is 57.8 Å². The Bertz CT molecular complexity index is 141. The van der Waals surface area contributed by atoms with E-state index in [4.69, 9.17) is 9.47 Å². The first-order chi connectivity index (χ1) is 6.68. The lowest BCUT2D eigenvalue weighted by molar-refractivity contribution is -0.00457. The van der Waals surface area contributed by atoms with Gasteiger partial charge in [-0.3, -0.25) is 0 Å². The van der Waals surface area contributed by atoms with E-state index in [9.17, 15) is 5.11 Å². The van der Waals surface area contributed by atoms with E-state index in [1.165, 1.54) is 6.42 Å². The summed E-state index contributed by atoms with van der Waals surface area (Å²) >= 11 is 0. The first-order valence-electron chi connectivity index (χ1n) is 5.59. The van der Waals surface area contributed by atoms with Crippen LogP contribution in [0.2, 0.25) is 0 Å². The third-order valence-electron chi connectivity index (χ3n) is 2.47. The second-order valence-corrected chi connectivity index (χ2v) is 4.25. The molecule has 14 heavy (non-hydrogen) atoms. The topological polar surface area (TPSA) is 38.7 Å². The number of aliphatic hydroxyl groups excluding tert-OH is 1. The van der Waals surface area contributed by atoms with Crippen molar-refractivity contribution in [1.29, 1.82) is 0 Å². The highest BCUT2D eigenvalue weighted by molar-refractivity contribution is 4.67. The molecule has 1 heterocycles. The SMILES string of the molecule is CC(C)OCC(O)CCC1CCCO1. The molecule has 0 spiro atoms. The zero-order valence-corrected chi connectivity index (χ0v) is 9.24. The molecule has 1 aliphatic rings. The van der Waals surface area contributed by atoms with Gasteiger partial charge < -0.3 is 14.6 Å². The minimum absolute atomic E-state index is 0.201. The molecule has 3 heteroatoms. The van der Waals surface area contributed by atoms with Gasteiger partial charge in [0.05, 0.1) is 24.9 Å². The lowest BCUT2D eigenvalue weighted by Gasteiger charge is -2.15. The highest BCUT2D eigenvalue weighted by Gasteiger charge is 2.17. The van der Waals surface area contributed by atoms with E-state index in [1.807, 2.05) is 13.8 Å². The molecule has 0 bridgehead atoms. The number of hydrogen-bond donors (Lipinski definition) is 1. The minimum atomic E-state index is -0.332. The molecule has 0 aromatic heterocycles. The first-order valence-corrected chi connectivity index (χ1v) is 5.59. The van der Waals surface area contributed by atoms with Gasteiger partial charge >= 0.3 is 0 Å². The van der Waals surface area contributed by atoms with Gasteiger partial charge in [0, 0.05) is 6.61 Å². The number of ether oxygens (including phenoxy) is 2. The van der Waals surface area contributed by atoms with E-state index < -0.39 is 0 Å². The Balaban J connectivity index is 1.99. The Morgan fingerprint density at radius 1 is 1.50 bits per heavy atom. The molecular formula is C11H22O3. The van der Waals surface area contributed by atoms with Crippen molar-refractivity contribution in [3.63, 3.8) is 0 Å². The Kier molecular flexibility index (Phi) is 5.45. The molecule has 1 fully saturated rings. The third-order valence-corrected chi connectivity index (χ3v) is 2.47. The molecule has 0 aromatic carbocycles. The predicted octanol–water partition coefficient (Wildman–Crippen LogP) is 1.73. The normalized spacial score (nSPS) is 24.4. The summed E-state index contributed by atoms with van der Waals surface area (Å²) in [6, 6.07) is 0. The first kappa shape index (κ1) is 12.0. The van der Waals surface area contributed by atoms with Crippen molar-refractivity contribution in [1.82, 2.24) is 0 Å². The van der Waals surface area contributed by atoms with E-state index >= 15 is 0 Å². The van der Waals surface area contributed by atoms with Crippen LogP contribution in [-0.2, 0) is 9.47 Å². The summed E-state index contributed by atoms with van der Waals surface area (Å²) in [4.78, 5) is 0. The average Bonchev–Trinajstić information content (AvgIpc) is 2.63. The monoisotopic (exact) mass is 202 g/mol. The van der Waals surface area contributed by atoms with Gasteiger partial charge in [0.25, 0.3) is 0 Å². The molecule has 3 nitrogen and oxygen atoms in total. The van der Waals surface area contributed by atoms with E-state index in [0.717, 1.165) is 25.9 Å². The van der Waals surface area contributed by atoms with Gasteiger partial charge in [-0.15, -0.1) is 0 Å². The third kappa shape index (κ3) is 4.94. The maximum Gasteiger partial charge on any atom is 0.0774 e. The molecule has 0 aromatic rings. The highest BCUT2D eigenvalue weighted by Crippen LogP contribution is 2.17. The zero-order valence-electron chi connectivity index (χ0n) is 9.24. The summed E-state index contributed by atoms with van der Waals surface area (Å²) in [5, 5.41) is 9.58. The van der Waals surface area contributed by atoms with Crippen molar-refractivity contribution in [3.05, 3.63) is 0 Å². The van der Waals surface area contributed by atoms with Crippen LogP contribution in [-0.4, -0.2) is 36.6 Å². The molecular weight excluding hydrogens is 180 g/mol. The Hall–Kier alpha value is -0.120. The number of aliphatic hydroxyl groups is 1. The zero-order chi connectivity index (χ0) is 10.4. The molecule has 2 atom stereocenters. The Morgan fingerprint density at radius 2 is 2.29 bits per heavy atom. The summed E-state index contributed by atoms with van der Waals surface area (Å²) in [6.45, 7) is 5.30. The van der Waals surface area contributed by atoms with Crippen LogP contribution in [0.1, 0.15) is 39.5 Å². The van der Waals surface area contributed by atoms with Crippen LogP contribution in [0.25, 0.3) is 0 Å². The fraction of sp³-hybridized carbons (Fsp3) is 1.00. The fourth-order valence-electron chi connectivity index (χ4n) is 1.64. The quantitative estimate of drug-likeness (QED) is 0.713. The second-order valence-electron chi connectivity index (χ2n) is 4.25. The lowest BCUT2D eigenvalue weighted by atomic mass is 10.1. The predicted molar refractivity (Wildman–Crippen MR) is 55.3 cm³/mol.